The average molecular weight is 290 g/mol. The molecule has 0 heterocycles. The fourth-order valence-electron chi connectivity index (χ4n) is 1.57. The zero-order valence-electron chi connectivity index (χ0n) is 9.83. The van der Waals surface area contributed by atoms with Gasteiger partial charge in [0.2, 0.25) is 0 Å². The molecule has 0 aliphatic heterocycles. The molecule has 110 valence electrons. The van der Waals surface area contributed by atoms with Crippen LogP contribution < -0.4 is 0 Å². The first-order chi connectivity index (χ1) is 8.32. The lowest BCUT2D eigenvalue weighted by Gasteiger charge is -2.31. The Bertz CT molecular complexity index is 397. The van der Waals surface area contributed by atoms with E-state index in [0.29, 0.717) is 0 Å². The molecule has 0 saturated heterocycles. The van der Waals surface area contributed by atoms with Crippen LogP contribution in [-0.4, -0.2) is 34.3 Å². The SMILES string of the molecule is CC(C)C(C(=CC(=O)O)C(=O)O)C(F)(F)C(F)(F)F. The van der Waals surface area contributed by atoms with Crippen LogP contribution in [0.2, 0.25) is 0 Å². The first-order valence-corrected chi connectivity index (χ1v) is 4.94. The summed E-state index contributed by atoms with van der Waals surface area (Å²) in [5.41, 5.74) is -1.50. The third-order valence-electron chi connectivity index (χ3n) is 2.30. The van der Waals surface area contributed by atoms with Gasteiger partial charge in [0.05, 0.1) is 11.5 Å². The minimum atomic E-state index is -5.98. The van der Waals surface area contributed by atoms with Gasteiger partial charge in [-0.05, 0) is 5.92 Å². The van der Waals surface area contributed by atoms with Crippen molar-refractivity contribution in [1.82, 2.24) is 0 Å². The van der Waals surface area contributed by atoms with Crippen molar-refractivity contribution in [2.24, 2.45) is 11.8 Å². The smallest absolute Gasteiger partial charge is 0.453 e. The molecule has 0 radical (unpaired) electrons. The van der Waals surface area contributed by atoms with Gasteiger partial charge >= 0.3 is 24.0 Å². The molecule has 0 aliphatic rings. The second-order valence-electron chi connectivity index (χ2n) is 4.09. The lowest BCUT2D eigenvalue weighted by molar-refractivity contribution is -0.302. The molecule has 0 aromatic rings. The molecule has 19 heavy (non-hydrogen) atoms. The van der Waals surface area contributed by atoms with Gasteiger partial charge in [-0.2, -0.15) is 22.0 Å². The molecule has 0 aliphatic carbocycles. The van der Waals surface area contributed by atoms with Crippen molar-refractivity contribution in [2.75, 3.05) is 0 Å². The van der Waals surface area contributed by atoms with Crippen molar-refractivity contribution in [3.05, 3.63) is 11.6 Å². The summed E-state index contributed by atoms with van der Waals surface area (Å²) in [5, 5.41) is 17.0. The van der Waals surface area contributed by atoms with E-state index in [0.717, 1.165) is 13.8 Å². The van der Waals surface area contributed by atoms with Gasteiger partial charge in [0.15, 0.2) is 0 Å². The number of carboxylic acids is 2. The number of hydrogen-bond donors (Lipinski definition) is 2. The molecular weight excluding hydrogens is 279 g/mol. The molecule has 4 nitrogen and oxygen atoms in total. The highest BCUT2D eigenvalue weighted by Crippen LogP contribution is 2.47. The van der Waals surface area contributed by atoms with Crippen LogP contribution in [0.4, 0.5) is 22.0 Å². The van der Waals surface area contributed by atoms with Gasteiger partial charge in [-0.15, -0.1) is 0 Å². The lowest BCUT2D eigenvalue weighted by atomic mass is 9.82. The predicted octanol–water partition coefficient (Wildman–Crippen LogP) is 2.55. The van der Waals surface area contributed by atoms with Crippen molar-refractivity contribution in [1.29, 1.82) is 0 Å². The molecule has 0 aromatic heterocycles. The predicted molar refractivity (Wildman–Crippen MR) is 52.7 cm³/mol. The van der Waals surface area contributed by atoms with Crippen molar-refractivity contribution < 1.29 is 41.8 Å². The zero-order chi connectivity index (χ0) is 15.6. The molecule has 0 rings (SSSR count). The molecule has 9 heteroatoms. The van der Waals surface area contributed by atoms with Gasteiger partial charge in [0.25, 0.3) is 0 Å². The Morgan fingerprint density at radius 3 is 1.68 bits per heavy atom. The Hall–Kier alpha value is -1.67. The van der Waals surface area contributed by atoms with E-state index >= 15 is 0 Å². The summed E-state index contributed by atoms with van der Waals surface area (Å²) >= 11 is 0. The first-order valence-electron chi connectivity index (χ1n) is 4.94. The zero-order valence-corrected chi connectivity index (χ0v) is 9.83. The van der Waals surface area contributed by atoms with E-state index < -0.39 is 41.4 Å². The fraction of sp³-hybridized carbons (Fsp3) is 0.600. The number of hydrogen-bond acceptors (Lipinski definition) is 2. The number of aliphatic carboxylic acids is 2. The normalized spacial score (nSPS) is 15.5. The Morgan fingerprint density at radius 2 is 1.47 bits per heavy atom. The molecule has 2 N–H and O–H groups in total. The Morgan fingerprint density at radius 1 is 1.05 bits per heavy atom. The Balaban J connectivity index is 5.93. The van der Waals surface area contributed by atoms with Crippen LogP contribution in [0.1, 0.15) is 13.8 Å². The summed E-state index contributed by atoms with van der Waals surface area (Å²) in [6, 6.07) is 0. The van der Waals surface area contributed by atoms with E-state index in [-0.39, 0.29) is 6.08 Å². The van der Waals surface area contributed by atoms with Crippen molar-refractivity contribution in [3.8, 4) is 0 Å². The standard InChI is InChI=1S/C10H11F5O4/c1-4(2)7(9(11,12)10(13,14)15)5(8(18)19)3-6(16)17/h3-4,7H,1-2H3,(H,16,17)(H,18,19). The minimum Gasteiger partial charge on any atom is -0.478 e. The molecule has 1 unspecified atom stereocenters. The molecule has 0 saturated carbocycles. The van der Waals surface area contributed by atoms with E-state index in [1.54, 1.807) is 0 Å². The van der Waals surface area contributed by atoms with Crippen LogP contribution in [0.5, 0.6) is 0 Å². The van der Waals surface area contributed by atoms with Crippen LogP contribution >= 0.6 is 0 Å². The van der Waals surface area contributed by atoms with Crippen molar-refractivity contribution in [3.63, 3.8) is 0 Å². The molecule has 1 atom stereocenters. The van der Waals surface area contributed by atoms with Gasteiger partial charge in [0, 0.05) is 6.08 Å². The average Bonchev–Trinajstić information content (AvgIpc) is 2.12. The van der Waals surface area contributed by atoms with Gasteiger partial charge in [-0.25, -0.2) is 9.59 Å². The van der Waals surface area contributed by atoms with Gasteiger partial charge in [-0.3, -0.25) is 0 Å². The molecule has 0 fully saturated rings. The maximum absolute atomic E-state index is 13.3. The maximum Gasteiger partial charge on any atom is 0.453 e. The molecule has 0 bridgehead atoms. The molecular formula is C10H11F5O4. The number of alkyl halides is 5. The Labute approximate surface area is 104 Å². The highest BCUT2D eigenvalue weighted by molar-refractivity contribution is 5.95. The summed E-state index contributed by atoms with van der Waals surface area (Å²) in [4.78, 5) is 21.1. The second kappa shape index (κ2) is 5.54. The third-order valence-corrected chi connectivity index (χ3v) is 2.30. The van der Waals surface area contributed by atoms with E-state index in [9.17, 15) is 31.5 Å². The molecule has 0 spiro atoms. The summed E-state index contributed by atoms with van der Waals surface area (Å²) in [7, 11) is 0. The van der Waals surface area contributed by atoms with Gasteiger partial charge in [0.1, 0.15) is 0 Å². The van der Waals surface area contributed by atoms with Crippen molar-refractivity contribution >= 4 is 11.9 Å². The van der Waals surface area contributed by atoms with Crippen LogP contribution in [0.3, 0.4) is 0 Å². The van der Waals surface area contributed by atoms with Crippen LogP contribution in [-0.2, 0) is 9.59 Å². The summed E-state index contributed by atoms with van der Waals surface area (Å²) in [6.07, 6.45) is -6.12. The largest absolute Gasteiger partial charge is 0.478 e. The molecule has 0 aromatic carbocycles. The van der Waals surface area contributed by atoms with Gasteiger partial charge < -0.3 is 10.2 Å². The third kappa shape index (κ3) is 3.90. The quantitative estimate of drug-likeness (QED) is 0.602. The monoisotopic (exact) mass is 290 g/mol. The summed E-state index contributed by atoms with van der Waals surface area (Å²) in [5.74, 6) is -13.6. The van der Waals surface area contributed by atoms with Crippen LogP contribution in [0, 0.1) is 11.8 Å². The van der Waals surface area contributed by atoms with E-state index in [2.05, 4.69) is 0 Å². The summed E-state index contributed by atoms with van der Waals surface area (Å²) < 4.78 is 63.4. The highest BCUT2D eigenvalue weighted by atomic mass is 19.4. The fourth-order valence-corrected chi connectivity index (χ4v) is 1.57. The lowest BCUT2D eigenvalue weighted by Crippen LogP contribution is -2.47. The van der Waals surface area contributed by atoms with E-state index in [4.69, 9.17) is 10.2 Å². The maximum atomic E-state index is 13.3. The molecule has 0 amide bonds. The summed E-state index contributed by atoms with van der Waals surface area (Å²) in [6.45, 7) is 1.89. The Kier molecular flexibility index (Phi) is 5.05. The number of carbonyl (C=O) groups is 2. The van der Waals surface area contributed by atoms with Crippen molar-refractivity contribution in [2.45, 2.75) is 25.9 Å². The number of carboxylic acid groups (broad SMARTS) is 2. The highest BCUT2D eigenvalue weighted by Gasteiger charge is 2.64. The number of halogens is 5. The first kappa shape index (κ1) is 17.3. The minimum absolute atomic E-state index is 0.146. The van der Waals surface area contributed by atoms with Crippen LogP contribution in [0.15, 0.2) is 11.6 Å². The van der Waals surface area contributed by atoms with E-state index in [1.807, 2.05) is 0 Å². The number of rotatable bonds is 5. The van der Waals surface area contributed by atoms with Gasteiger partial charge in [-0.1, -0.05) is 13.8 Å². The van der Waals surface area contributed by atoms with Crippen LogP contribution in [0.25, 0.3) is 0 Å². The topological polar surface area (TPSA) is 74.6 Å². The van der Waals surface area contributed by atoms with E-state index in [1.165, 1.54) is 0 Å². The second-order valence-corrected chi connectivity index (χ2v) is 4.09.